The number of halogens is 1. The number of hydrogen-bond donors (Lipinski definition) is 1. The molecule has 0 bridgehead atoms. The van der Waals surface area contributed by atoms with Gasteiger partial charge < -0.3 is 19.4 Å². The third kappa shape index (κ3) is 4.76. The van der Waals surface area contributed by atoms with E-state index in [1.54, 1.807) is 25.1 Å². The summed E-state index contributed by atoms with van der Waals surface area (Å²) in [6.45, 7) is 3.62. The molecular weight excluding hydrogens is 360 g/mol. The van der Waals surface area contributed by atoms with Crippen LogP contribution in [0.15, 0.2) is 22.6 Å². The fourth-order valence-corrected chi connectivity index (χ4v) is 2.49. The molecule has 0 radical (unpaired) electrons. The molecule has 0 saturated carbocycles. The molecule has 140 valence electrons. The van der Waals surface area contributed by atoms with E-state index >= 15 is 0 Å². The summed E-state index contributed by atoms with van der Waals surface area (Å²) in [5.74, 6) is -1.47. The Balaban J connectivity index is 1.95. The van der Waals surface area contributed by atoms with Gasteiger partial charge in [-0.05, 0) is 31.5 Å². The highest BCUT2D eigenvalue weighted by Gasteiger charge is 2.21. The molecule has 0 spiro atoms. The lowest BCUT2D eigenvalue weighted by molar-refractivity contribution is -0.137. The van der Waals surface area contributed by atoms with Crippen LogP contribution in [-0.4, -0.2) is 49.4 Å². The van der Waals surface area contributed by atoms with Crippen LogP contribution < -0.4 is 5.32 Å². The summed E-state index contributed by atoms with van der Waals surface area (Å²) in [6.07, 6.45) is 0.809. The second kappa shape index (κ2) is 8.71. The number of ether oxygens (including phenoxy) is 1. The molecule has 8 heteroatoms. The van der Waals surface area contributed by atoms with Gasteiger partial charge in [0.2, 0.25) is 11.7 Å². The van der Waals surface area contributed by atoms with Crippen LogP contribution in [-0.2, 0) is 14.3 Å². The molecule has 26 heavy (non-hydrogen) atoms. The van der Waals surface area contributed by atoms with E-state index in [4.69, 9.17) is 20.8 Å². The third-order valence-electron chi connectivity index (χ3n) is 3.79. The minimum atomic E-state index is -0.744. The molecule has 1 heterocycles. The van der Waals surface area contributed by atoms with Gasteiger partial charge in [0.05, 0.1) is 6.54 Å². The predicted octanol–water partition coefficient (Wildman–Crippen LogP) is 2.54. The highest BCUT2D eigenvalue weighted by atomic mass is 35.5. The average molecular weight is 381 g/mol. The van der Waals surface area contributed by atoms with Crippen LogP contribution in [0.4, 0.5) is 0 Å². The highest BCUT2D eigenvalue weighted by molar-refractivity contribution is 6.31. The van der Waals surface area contributed by atoms with E-state index < -0.39 is 18.5 Å². The number of furan rings is 1. The van der Waals surface area contributed by atoms with Crippen LogP contribution in [0.25, 0.3) is 11.0 Å². The fraction of sp³-hybridized carbons (Fsp3) is 0.389. The SMILES string of the molecule is CCCNC(=O)CN(C)C(=O)COC(=O)c1oc2ccc(Cl)cc2c1C. The van der Waals surface area contributed by atoms with Crippen LogP contribution in [0.5, 0.6) is 0 Å². The van der Waals surface area contributed by atoms with Crippen LogP contribution >= 0.6 is 11.6 Å². The number of nitrogens with zero attached hydrogens (tertiary/aromatic N) is 1. The smallest absolute Gasteiger partial charge is 0.375 e. The van der Waals surface area contributed by atoms with Crippen molar-refractivity contribution in [2.75, 3.05) is 26.7 Å². The van der Waals surface area contributed by atoms with E-state index in [1.807, 2.05) is 6.92 Å². The maximum Gasteiger partial charge on any atom is 0.375 e. The highest BCUT2D eigenvalue weighted by Crippen LogP contribution is 2.28. The number of fused-ring (bicyclic) bond motifs is 1. The summed E-state index contributed by atoms with van der Waals surface area (Å²) in [5, 5.41) is 3.91. The van der Waals surface area contributed by atoms with E-state index in [0.29, 0.717) is 28.1 Å². The number of amides is 2. The van der Waals surface area contributed by atoms with Crippen LogP contribution in [0, 0.1) is 6.92 Å². The van der Waals surface area contributed by atoms with Crippen molar-refractivity contribution in [2.24, 2.45) is 0 Å². The fourth-order valence-electron chi connectivity index (χ4n) is 2.31. The van der Waals surface area contributed by atoms with E-state index in [9.17, 15) is 14.4 Å². The van der Waals surface area contributed by atoms with Gasteiger partial charge in [-0.2, -0.15) is 0 Å². The molecule has 0 aliphatic rings. The van der Waals surface area contributed by atoms with Gasteiger partial charge in [0.15, 0.2) is 6.61 Å². The minimum Gasteiger partial charge on any atom is -0.450 e. The molecule has 1 aromatic heterocycles. The molecule has 7 nitrogen and oxygen atoms in total. The quantitative estimate of drug-likeness (QED) is 0.745. The summed E-state index contributed by atoms with van der Waals surface area (Å²) >= 11 is 5.95. The molecule has 2 aromatic rings. The van der Waals surface area contributed by atoms with Crippen LogP contribution in [0.3, 0.4) is 0 Å². The zero-order valence-electron chi connectivity index (χ0n) is 14.9. The first-order valence-electron chi connectivity index (χ1n) is 8.20. The molecule has 0 aliphatic heterocycles. The molecule has 1 N–H and O–H groups in total. The van der Waals surface area contributed by atoms with Crippen molar-refractivity contribution >= 4 is 40.4 Å². The number of esters is 1. The molecule has 0 atom stereocenters. The van der Waals surface area contributed by atoms with Gasteiger partial charge in [-0.1, -0.05) is 18.5 Å². The van der Waals surface area contributed by atoms with E-state index in [-0.39, 0.29) is 18.2 Å². The second-order valence-corrected chi connectivity index (χ2v) is 6.31. The number of benzene rings is 1. The topological polar surface area (TPSA) is 88.9 Å². The largest absolute Gasteiger partial charge is 0.450 e. The zero-order valence-corrected chi connectivity index (χ0v) is 15.7. The van der Waals surface area contributed by atoms with Crippen molar-refractivity contribution in [3.63, 3.8) is 0 Å². The summed E-state index contributed by atoms with van der Waals surface area (Å²) in [5.41, 5.74) is 1.10. The number of carbonyl (C=O) groups is 3. The summed E-state index contributed by atoms with van der Waals surface area (Å²) < 4.78 is 10.5. The van der Waals surface area contributed by atoms with Gasteiger partial charge in [-0.3, -0.25) is 9.59 Å². The number of rotatable bonds is 7. The molecule has 0 unspecified atom stereocenters. The number of aryl methyl sites for hydroxylation is 1. The Morgan fingerprint density at radius 2 is 2.04 bits per heavy atom. The molecule has 1 aromatic carbocycles. The van der Waals surface area contributed by atoms with Crippen LogP contribution in [0.2, 0.25) is 5.02 Å². The lowest BCUT2D eigenvalue weighted by Crippen LogP contribution is -2.40. The Kier molecular flexibility index (Phi) is 6.63. The first-order chi connectivity index (χ1) is 12.3. The van der Waals surface area contributed by atoms with Crippen molar-refractivity contribution in [3.8, 4) is 0 Å². The second-order valence-electron chi connectivity index (χ2n) is 5.87. The van der Waals surface area contributed by atoms with Crippen molar-refractivity contribution in [1.82, 2.24) is 10.2 Å². The summed E-state index contributed by atoms with van der Waals surface area (Å²) in [7, 11) is 1.47. The molecule has 0 fully saturated rings. The lowest BCUT2D eigenvalue weighted by Gasteiger charge is -2.16. The minimum absolute atomic E-state index is 0.0263. The van der Waals surface area contributed by atoms with Crippen molar-refractivity contribution < 1.29 is 23.5 Å². The molecule has 0 saturated heterocycles. The Morgan fingerprint density at radius 3 is 2.73 bits per heavy atom. The molecule has 2 amide bonds. The lowest BCUT2D eigenvalue weighted by atomic mass is 10.1. The van der Waals surface area contributed by atoms with Crippen LogP contribution in [0.1, 0.15) is 29.5 Å². The predicted molar refractivity (Wildman–Crippen MR) is 97.2 cm³/mol. The first kappa shape index (κ1) is 19.8. The Labute approximate surface area is 156 Å². The molecular formula is C18H21ClN2O5. The van der Waals surface area contributed by atoms with Gasteiger partial charge in [0.25, 0.3) is 5.91 Å². The third-order valence-corrected chi connectivity index (χ3v) is 4.02. The van der Waals surface area contributed by atoms with Gasteiger partial charge in [0, 0.05) is 29.6 Å². The number of likely N-dealkylation sites (N-methyl/N-ethyl adjacent to an activating group) is 1. The van der Waals surface area contributed by atoms with Gasteiger partial charge in [-0.15, -0.1) is 0 Å². The van der Waals surface area contributed by atoms with Crippen molar-refractivity contribution in [2.45, 2.75) is 20.3 Å². The summed E-state index contributed by atoms with van der Waals surface area (Å²) in [4.78, 5) is 37.0. The van der Waals surface area contributed by atoms with Crippen molar-refractivity contribution in [3.05, 3.63) is 34.5 Å². The Hall–Kier alpha value is -2.54. The number of nitrogens with one attached hydrogen (secondary N) is 1. The van der Waals surface area contributed by atoms with Gasteiger partial charge in [-0.25, -0.2) is 4.79 Å². The van der Waals surface area contributed by atoms with E-state index in [0.717, 1.165) is 6.42 Å². The average Bonchev–Trinajstić information content (AvgIpc) is 2.93. The number of hydrogen-bond acceptors (Lipinski definition) is 5. The zero-order chi connectivity index (χ0) is 19.3. The van der Waals surface area contributed by atoms with E-state index in [1.165, 1.54) is 11.9 Å². The number of carbonyl (C=O) groups excluding carboxylic acids is 3. The maximum absolute atomic E-state index is 12.2. The van der Waals surface area contributed by atoms with Crippen molar-refractivity contribution in [1.29, 1.82) is 0 Å². The molecule has 2 rings (SSSR count). The summed E-state index contributed by atoms with van der Waals surface area (Å²) in [6, 6.07) is 5.01. The van der Waals surface area contributed by atoms with Gasteiger partial charge >= 0.3 is 5.97 Å². The maximum atomic E-state index is 12.2. The van der Waals surface area contributed by atoms with Gasteiger partial charge in [0.1, 0.15) is 5.58 Å². The standard InChI is InChI=1S/C18H21ClN2O5/c1-4-7-20-15(22)9-21(3)16(23)10-25-18(24)17-11(2)13-8-12(19)5-6-14(13)26-17/h5-6,8H,4,7,9-10H2,1-3H3,(H,20,22). The molecule has 0 aliphatic carbocycles. The van der Waals surface area contributed by atoms with E-state index in [2.05, 4.69) is 5.32 Å². The Bertz CT molecular complexity index is 830. The Morgan fingerprint density at radius 1 is 1.31 bits per heavy atom. The monoisotopic (exact) mass is 380 g/mol. The first-order valence-corrected chi connectivity index (χ1v) is 8.57. The normalized spacial score (nSPS) is 10.6.